The van der Waals surface area contributed by atoms with Gasteiger partial charge in [0.2, 0.25) is 0 Å². The Kier molecular flexibility index (Phi) is 7.50. The van der Waals surface area contributed by atoms with Crippen LogP contribution in [0.1, 0.15) is 142 Å². The molecule has 11 atom stereocenters. The summed E-state index contributed by atoms with van der Waals surface area (Å²) in [6.45, 7) is 16.9. The number of aliphatic carboxylic acids is 1. The lowest BCUT2D eigenvalue weighted by Gasteiger charge is -2.71. The first-order chi connectivity index (χ1) is 21.7. The molecule has 1 saturated heterocycles. The number of rotatable bonds is 4. The minimum absolute atomic E-state index is 0.0341. The SMILES string of the molecule is C[C@@H]1CCCC(C)(C)[C@@]12CC[C@@]1(C)[C@@H]3CC[C@]4(C)[C@H](CC[C@]5(C)c6c(C(O)C(=O)O)ccc(OS(=O)(=O)[O-])c6C[C@@H]45)[C@@]3(C)CC[C@@H]1O2. The van der Waals surface area contributed by atoms with Crippen molar-refractivity contribution in [1.82, 2.24) is 0 Å². The molecule has 1 aromatic carbocycles. The standard InChI is InChI=1S/C38H56O8S/c1-22-9-8-15-33(2,3)38(22)20-19-36(6)27-12-16-35(5)26(34(27,4)18-14-29(36)45-38)13-17-37(7)28(35)21-24-25(46-47(42,43)44)11-10-23(30(24)37)31(39)32(40)41/h10-11,22,26-29,31,39H,8-9,12-21H2,1-7H3,(H,40,41)(H,42,43,44)/p-1/t22-,26-,27-,28+,29+,31?,34-,35-,36+,37+,38-/m1/s1. The van der Waals surface area contributed by atoms with E-state index in [9.17, 15) is 28.0 Å². The van der Waals surface area contributed by atoms with Crippen LogP contribution in [0.25, 0.3) is 0 Å². The number of carboxylic acid groups (broad SMARTS) is 1. The van der Waals surface area contributed by atoms with Crippen LogP contribution in [0.3, 0.4) is 0 Å². The summed E-state index contributed by atoms with van der Waals surface area (Å²) in [6.07, 6.45) is 11.1. The lowest BCUT2D eigenvalue weighted by molar-refractivity contribution is -0.304. The molecule has 1 spiro atoms. The van der Waals surface area contributed by atoms with E-state index in [1.165, 1.54) is 37.8 Å². The van der Waals surface area contributed by atoms with Gasteiger partial charge < -0.3 is 23.7 Å². The molecule has 0 bridgehead atoms. The molecule has 262 valence electrons. The second-order valence-corrected chi connectivity index (χ2v) is 19.3. The van der Waals surface area contributed by atoms with Gasteiger partial charge in [0, 0.05) is 5.56 Å². The Morgan fingerprint density at radius 1 is 0.894 bits per heavy atom. The number of hydrogen-bond acceptors (Lipinski definition) is 7. The van der Waals surface area contributed by atoms with E-state index in [2.05, 4.69) is 48.5 Å². The van der Waals surface area contributed by atoms with Crippen molar-refractivity contribution in [2.24, 2.45) is 45.3 Å². The molecule has 4 saturated carbocycles. The Bertz CT molecular complexity index is 1590. The van der Waals surface area contributed by atoms with Gasteiger partial charge in [0.15, 0.2) is 6.10 Å². The zero-order valence-electron chi connectivity index (χ0n) is 29.4. The van der Waals surface area contributed by atoms with Crippen LogP contribution in [-0.4, -0.2) is 40.9 Å². The van der Waals surface area contributed by atoms with Gasteiger partial charge in [-0.05, 0) is 139 Å². The average molecular weight is 672 g/mol. The first kappa shape index (κ1) is 33.8. The van der Waals surface area contributed by atoms with Crippen LogP contribution >= 0.6 is 0 Å². The highest BCUT2D eigenvalue weighted by Crippen LogP contribution is 2.75. The summed E-state index contributed by atoms with van der Waals surface area (Å²) in [7, 11) is -5.05. The molecule has 0 amide bonds. The van der Waals surface area contributed by atoms with Gasteiger partial charge in [0.1, 0.15) is 5.75 Å². The van der Waals surface area contributed by atoms with E-state index in [0.717, 1.165) is 44.9 Å². The molecule has 5 fully saturated rings. The van der Waals surface area contributed by atoms with Gasteiger partial charge in [0.05, 0.1) is 11.7 Å². The van der Waals surface area contributed by atoms with E-state index >= 15 is 0 Å². The first-order valence-electron chi connectivity index (χ1n) is 18.1. The Balaban J connectivity index is 1.24. The number of carboxylic acids is 1. The van der Waals surface area contributed by atoms with Gasteiger partial charge in [-0.1, -0.05) is 61.0 Å². The monoisotopic (exact) mass is 671 g/mol. The summed E-state index contributed by atoms with van der Waals surface area (Å²) in [5.41, 5.74) is 1.24. The van der Waals surface area contributed by atoms with Crippen LogP contribution < -0.4 is 4.18 Å². The van der Waals surface area contributed by atoms with Gasteiger partial charge >= 0.3 is 5.97 Å². The third kappa shape index (κ3) is 4.53. The van der Waals surface area contributed by atoms with Crippen LogP contribution in [0.15, 0.2) is 12.1 Å². The highest BCUT2D eigenvalue weighted by molar-refractivity contribution is 7.81. The first-order valence-corrected chi connectivity index (χ1v) is 19.5. The molecule has 0 aromatic heterocycles. The lowest BCUT2D eigenvalue weighted by Crippen LogP contribution is -2.68. The molecule has 5 aliphatic carbocycles. The number of aliphatic hydroxyl groups excluding tert-OH is 1. The predicted octanol–water partition coefficient (Wildman–Crippen LogP) is 7.47. The summed E-state index contributed by atoms with van der Waals surface area (Å²) < 4.78 is 47.8. The third-order valence-corrected chi connectivity index (χ3v) is 16.5. The number of aliphatic hydroxyl groups is 1. The topological polar surface area (TPSA) is 133 Å². The minimum atomic E-state index is -5.05. The zero-order valence-corrected chi connectivity index (χ0v) is 30.2. The fraction of sp³-hybridized carbons (Fsp3) is 0.816. The molecule has 1 aromatic rings. The summed E-state index contributed by atoms with van der Waals surface area (Å²) in [6, 6.07) is 2.78. The number of ether oxygens (including phenoxy) is 1. The van der Waals surface area contributed by atoms with Gasteiger partial charge in [-0.25, -0.2) is 13.2 Å². The van der Waals surface area contributed by atoms with E-state index in [1.807, 2.05) is 0 Å². The molecular weight excluding hydrogens is 616 g/mol. The summed E-state index contributed by atoms with van der Waals surface area (Å²) in [5.74, 6) is 0.223. The molecule has 9 heteroatoms. The number of hydrogen-bond donors (Lipinski definition) is 2. The predicted molar refractivity (Wildman–Crippen MR) is 177 cm³/mol. The van der Waals surface area contributed by atoms with Crippen LogP contribution in [0.4, 0.5) is 0 Å². The summed E-state index contributed by atoms with van der Waals surface area (Å²) in [4.78, 5) is 12.0. The quantitative estimate of drug-likeness (QED) is 0.249. The van der Waals surface area contributed by atoms with Crippen molar-refractivity contribution in [2.75, 3.05) is 0 Å². The second-order valence-electron chi connectivity index (χ2n) is 18.3. The molecule has 6 aliphatic rings. The maximum atomic E-state index is 12.0. The van der Waals surface area contributed by atoms with E-state index in [4.69, 9.17) is 8.92 Å². The maximum Gasteiger partial charge on any atom is 0.337 e. The molecule has 0 radical (unpaired) electrons. The van der Waals surface area contributed by atoms with Crippen LogP contribution in [-0.2, 0) is 31.8 Å². The number of benzene rings is 1. The van der Waals surface area contributed by atoms with Gasteiger partial charge in [-0.15, -0.1) is 0 Å². The van der Waals surface area contributed by atoms with E-state index in [1.54, 1.807) is 0 Å². The Morgan fingerprint density at radius 3 is 2.19 bits per heavy atom. The largest absolute Gasteiger partial charge is 0.716 e. The van der Waals surface area contributed by atoms with Crippen LogP contribution in [0, 0.1) is 45.3 Å². The van der Waals surface area contributed by atoms with Gasteiger partial charge in [0.25, 0.3) is 10.4 Å². The molecular formula is C38H55O8S-. The second kappa shape index (κ2) is 10.4. The van der Waals surface area contributed by atoms with Crippen molar-refractivity contribution in [2.45, 2.75) is 149 Å². The molecule has 7 rings (SSSR count). The lowest BCUT2D eigenvalue weighted by atomic mass is 9.36. The number of fused-ring (bicyclic) bond motifs is 9. The number of carbonyl (C=O) groups is 1. The Hall–Kier alpha value is -1.68. The van der Waals surface area contributed by atoms with Crippen molar-refractivity contribution >= 4 is 16.4 Å². The Morgan fingerprint density at radius 2 is 1.53 bits per heavy atom. The van der Waals surface area contributed by atoms with Gasteiger partial charge in [-0.2, -0.15) is 0 Å². The Labute approximate surface area is 281 Å². The van der Waals surface area contributed by atoms with Crippen molar-refractivity contribution in [3.05, 3.63) is 28.8 Å². The molecule has 47 heavy (non-hydrogen) atoms. The maximum absolute atomic E-state index is 12.0. The highest BCUT2D eigenvalue weighted by atomic mass is 32.3. The average Bonchev–Trinajstić information content (AvgIpc) is 3.30. The minimum Gasteiger partial charge on any atom is -0.716 e. The summed E-state index contributed by atoms with van der Waals surface area (Å²) in [5, 5.41) is 20.6. The fourth-order valence-corrected chi connectivity index (χ4v) is 14.3. The molecule has 2 N–H and O–H groups in total. The normalized spacial score (nSPS) is 45.9. The molecule has 8 nitrogen and oxygen atoms in total. The van der Waals surface area contributed by atoms with Crippen molar-refractivity contribution in [3.8, 4) is 5.75 Å². The molecule has 1 heterocycles. The van der Waals surface area contributed by atoms with Crippen molar-refractivity contribution in [3.63, 3.8) is 0 Å². The zero-order chi connectivity index (χ0) is 34.2. The van der Waals surface area contributed by atoms with E-state index in [-0.39, 0.29) is 50.6 Å². The summed E-state index contributed by atoms with van der Waals surface area (Å²) >= 11 is 0. The van der Waals surface area contributed by atoms with Crippen molar-refractivity contribution < 1.29 is 36.9 Å². The van der Waals surface area contributed by atoms with Crippen LogP contribution in [0.2, 0.25) is 0 Å². The van der Waals surface area contributed by atoms with E-state index in [0.29, 0.717) is 35.3 Å². The molecule has 1 aliphatic heterocycles. The smallest absolute Gasteiger partial charge is 0.337 e. The van der Waals surface area contributed by atoms with E-state index < -0.39 is 27.9 Å². The van der Waals surface area contributed by atoms with Crippen LogP contribution in [0.5, 0.6) is 5.75 Å². The third-order valence-electron chi connectivity index (χ3n) is 16.1. The van der Waals surface area contributed by atoms with Crippen molar-refractivity contribution in [1.29, 1.82) is 0 Å². The van der Waals surface area contributed by atoms with Gasteiger partial charge in [-0.3, -0.25) is 0 Å². The highest BCUT2D eigenvalue weighted by Gasteiger charge is 2.70. The molecule has 1 unspecified atom stereocenters. The fourth-order valence-electron chi connectivity index (χ4n) is 14.0.